The molecule has 0 saturated heterocycles. The summed E-state index contributed by atoms with van der Waals surface area (Å²) < 4.78 is 0.624. The van der Waals surface area contributed by atoms with E-state index in [1.807, 2.05) is 0 Å². The molecule has 0 radical (unpaired) electrons. The van der Waals surface area contributed by atoms with Crippen LogP contribution in [0.3, 0.4) is 0 Å². The van der Waals surface area contributed by atoms with Crippen LogP contribution in [0.4, 0.5) is 0 Å². The van der Waals surface area contributed by atoms with E-state index in [4.69, 9.17) is 5.11 Å². The van der Waals surface area contributed by atoms with E-state index in [9.17, 15) is 14.4 Å². The predicted molar refractivity (Wildman–Crippen MR) is 71.7 cm³/mol. The van der Waals surface area contributed by atoms with Crippen LogP contribution in [0.2, 0.25) is 0 Å². The fourth-order valence-electron chi connectivity index (χ4n) is 1.32. The van der Waals surface area contributed by atoms with Crippen molar-refractivity contribution in [3.63, 3.8) is 0 Å². The van der Waals surface area contributed by atoms with Crippen molar-refractivity contribution in [1.29, 1.82) is 0 Å². The van der Waals surface area contributed by atoms with E-state index in [1.54, 1.807) is 24.3 Å². The molecule has 0 atom stereocenters. The lowest BCUT2D eigenvalue weighted by atomic mass is 10.2. The molecule has 1 rings (SSSR count). The number of amides is 2. The fourth-order valence-corrected chi connectivity index (χ4v) is 1.79. The van der Waals surface area contributed by atoms with Gasteiger partial charge in [-0.3, -0.25) is 14.4 Å². The van der Waals surface area contributed by atoms with Gasteiger partial charge in [-0.15, -0.1) is 0 Å². The third-order valence-electron chi connectivity index (χ3n) is 2.32. The van der Waals surface area contributed by atoms with Gasteiger partial charge in [0.1, 0.15) is 6.54 Å². The normalized spacial score (nSPS) is 9.79. The number of hydrogen-bond acceptors (Lipinski definition) is 3. The lowest BCUT2D eigenvalue weighted by Gasteiger charge is -2.15. The maximum atomic E-state index is 11.8. The number of nitrogens with zero attached hydrogens (tertiary/aromatic N) is 1. The van der Waals surface area contributed by atoms with Gasteiger partial charge in [0, 0.05) is 11.5 Å². The van der Waals surface area contributed by atoms with Crippen LogP contribution >= 0.6 is 15.9 Å². The molecule has 0 aliphatic rings. The number of rotatable bonds is 5. The van der Waals surface area contributed by atoms with Gasteiger partial charge in [0.05, 0.1) is 12.1 Å². The molecule has 0 saturated carbocycles. The van der Waals surface area contributed by atoms with Crippen molar-refractivity contribution >= 4 is 33.7 Å². The zero-order valence-corrected chi connectivity index (χ0v) is 11.8. The molecule has 0 aromatic heterocycles. The Balaban J connectivity index is 2.53. The largest absolute Gasteiger partial charge is 0.480 e. The van der Waals surface area contributed by atoms with Gasteiger partial charge in [-0.25, -0.2) is 0 Å². The molecule has 2 N–H and O–H groups in total. The molecule has 0 bridgehead atoms. The third kappa shape index (κ3) is 4.70. The van der Waals surface area contributed by atoms with E-state index < -0.39 is 24.3 Å². The van der Waals surface area contributed by atoms with Crippen molar-refractivity contribution in [2.24, 2.45) is 0 Å². The molecule has 0 fully saturated rings. The summed E-state index contributed by atoms with van der Waals surface area (Å²) in [6.07, 6.45) is 0. The maximum absolute atomic E-state index is 11.8. The number of carboxylic acids is 1. The van der Waals surface area contributed by atoms with Crippen molar-refractivity contribution in [3.8, 4) is 0 Å². The monoisotopic (exact) mass is 328 g/mol. The molecule has 102 valence electrons. The first-order valence-electron chi connectivity index (χ1n) is 5.40. The maximum Gasteiger partial charge on any atom is 0.323 e. The second-order valence-corrected chi connectivity index (χ2v) is 4.66. The smallest absolute Gasteiger partial charge is 0.323 e. The number of likely N-dealkylation sites (N-methyl/N-ethyl adjacent to an activating group) is 1. The summed E-state index contributed by atoms with van der Waals surface area (Å²) in [6.45, 7) is -0.645. The van der Waals surface area contributed by atoms with Crippen LogP contribution in [0.15, 0.2) is 28.7 Å². The quantitative estimate of drug-likeness (QED) is 0.833. The van der Waals surface area contributed by atoms with Gasteiger partial charge in [0.25, 0.3) is 5.91 Å². The number of carboxylic acid groups (broad SMARTS) is 1. The van der Waals surface area contributed by atoms with Gasteiger partial charge < -0.3 is 15.3 Å². The highest BCUT2D eigenvalue weighted by Crippen LogP contribution is 2.15. The van der Waals surface area contributed by atoms with Crippen LogP contribution < -0.4 is 5.32 Å². The minimum Gasteiger partial charge on any atom is -0.480 e. The van der Waals surface area contributed by atoms with Crippen molar-refractivity contribution < 1.29 is 19.5 Å². The lowest BCUT2D eigenvalue weighted by Crippen LogP contribution is -2.40. The molecule has 6 nitrogen and oxygen atoms in total. The number of hydrogen-bond donors (Lipinski definition) is 2. The van der Waals surface area contributed by atoms with Crippen molar-refractivity contribution in [2.45, 2.75) is 0 Å². The second kappa shape index (κ2) is 6.89. The van der Waals surface area contributed by atoms with Crippen molar-refractivity contribution in [1.82, 2.24) is 10.2 Å². The van der Waals surface area contributed by atoms with E-state index in [0.717, 1.165) is 4.90 Å². The number of aliphatic carboxylic acids is 1. The van der Waals surface area contributed by atoms with Crippen LogP contribution in [0.25, 0.3) is 0 Å². The van der Waals surface area contributed by atoms with Gasteiger partial charge in [0.2, 0.25) is 5.91 Å². The van der Waals surface area contributed by atoms with E-state index in [-0.39, 0.29) is 6.54 Å². The Kier molecular flexibility index (Phi) is 5.50. The molecule has 19 heavy (non-hydrogen) atoms. The Morgan fingerprint density at radius 3 is 2.53 bits per heavy atom. The molecule has 1 aromatic rings. The van der Waals surface area contributed by atoms with Crippen LogP contribution in [-0.4, -0.2) is 47.9 Å². The summed E-state index contributed by atoms with van der Waals surface area (Å²) in [6, 6.07) is 6.81. The van der Waals surface area contributed by atoms with Gasteiger partial charge in [-0.1, -0.05) is 12.1 Å². The van der Waals surface area contributed by atoms with Crippen LogP contribution in [0, 0.1) is 0 Å². The standard InChI is InChI=1S/C12H13BrN2O4/c1-15(7-11(17)18)10(16)6-14-12(19)8-4-2-3-5-9(8)13/h2-5H,6-7H2,1H3,(H,14,19)(H,17,18). The Labute approximate surface area is 118 Å². The number of carbonyl (C=O) groups excluding carboxylic acids is 2. The highest BCUT2D eigenvalue weighted by Gasteiger charge is 2.14. The first-order chi connectivity index (χ1) is 8.91. The van der Waals surface area contributed by atoms with Gasteiger partial charge in [-0.05, 0) is 28.1 Å². The van der Waals surface area contributed by atoms with Gasteiger partial charge in [0.15, 0.2) is 0 Å². The number of halogens is 1. The molecule has 0 heterocycles. The summed E-state index contributed by atoms with van der Waals surface area (Å²) in [5.74, 6) is -1.97. The van der Waals surface area contributed by atoms with E-state index in [2.05, 4.69) is 21.2 Å². The SMILES string of the molecule is CN(CC(=O)O)C(=O)CNC(=O)c1ccccc1Br. The zero-order valence-electron chi connectivity index (χ0n) is 10.2. The molecule has 0 spiro atoms. The van der Waals surface area contributed by atoms with E-state index in [0.29, 0.717) is 10.0 Å². The first-order valence-corrected chi connectivity index (χ1v) is 6.19. The molecular formula is C12H13BrN2O4. The van der Waals surface area contributed by atoms with E-state index in [1.165, 1.54) is 7.05 Å². The Hall–Kier alpha value is -1.89. The summed E-state index contributed by atoms with van der Waals surface area (Å²) in [7, 11) is 1.36. The fraction of sp³-hybridized carbons (Fsp3) is 0.250. The zero-order chi connectivity index (χ0) is 14.4. The molecule has 0 unspecified atom stereocenters. The first kappa shape index (κ1) is 15.2. The average Bonchev–Trinajstić information content (AvgIpc) is 2.35. The number of benzene rings is 1. The highest BCUT2D eigenvalue weighted by atomic mass is 79.9. The Bertz CT molecular complexity index is 504. The minimum atomic E-state index is -1.10. The Morgan fingerprint density at radius 1 is 1.32 bits per heavy atom. The molecule has 7 heteroatoms. The van der Waals surface area contributed by atoms with Gasteiger partial charge in [-0.2, -0.15) is 0 Å². The van der Waals surface area contributed by atoms with E-state index >= 15 is 0 Å². The van der Waals surface area contributed by atoms with Crippen molar-refractivity contribution in [3.05, 3.63) is 34.3 Å². The molecule has 0 aliphatic carbocycles. The summed E-state index contributed by atoms with van der Waals surface area (Å²) in [5.41, 5.74) is 0.413. The molecule has 0 aliphatic heterocycles. The third-order valence-corrected chi connectivity index (χ3v) is 3.01. The average molecular weight is 329 g/mol. The molecular weight excluding hydrogens is 316 g/mol. The number of nitrogens with one attached hydrogen (secondary N) is 1. The predicted octanol–water partition coefficient (Wildman–Crippen LogP) is 0.722. The van der Waals surface area contributed by atoms with Gasteiger partial charge >= 0.3 is 5.97 Å². The molecule has 2 amide bonds. The van der Waals surface area contributed by atoms with Crippen LogP contribution in [0.1, 0.15) is 10.4 Å². The molecule has 1 aromatic carbocycles. The lowest BCUT2D eigenvalue weighted by molar-refractivity contribution is -0.143. The number of carbonyl (C=O) groups is 3. The summed E-state index contributed by atoms with van der Waals surface area (Å²) in [4.78, 5) is 34.8. The highest BCUT2D eigenvalue weighted by molar-refractivity contribution is 9.10. The minimum absolute atomic E-state index is 0.246. The summed E-state index contributed by atoms with van der Waals surface area (Å²) >= 11 is 3.23. The van der Waals surface area contributed by atoms with Crippen LogP contribution in [0.5, 0.6) is 0 Å². The van der Waals surface area contributed by atoms with Crippen LogP contribution in [-0.2, 0) is 9.59 Å². The topological polar surface area (TPSA) is 86.7 Å². The Morgan fingerprint density at radius 2 is 1.95 bits per heavy atom. The second-order valence-electron chi connectivity index (χ2n) is 3.81. The summed E-state index contributed by atoms with van der Waals surface area (Å²) in [5, 5.41) is 11.0. The van der Waals surface area contributed by atoms with Crippen molar-refractivity contribution in [2.75, 3.05) is 20.1 Å².